The van der Waals surface area contributed by atoms with Crippen molar-refractivity contribution in [1.82, 2.24) is 10.2 Å². The molecule has 1 fully saturated rings. The number of nitrogens with one attached hydrogen (secondary N) is 1. The van der Waals surface area contributed by atoms with Crippen LogP contribution in [0.5, 0.6) is 5.75 Å². The van der Waals surface area contributed by atoms with Crippen molar-refractivity contribution in [2.75, 3.05) is 26.2 Å². The molecule has 0 aliphatic carbocycles. The molecule has 0 unspecified atom stereocenters. The van der Waals surface area contributed by atoms with E-state index < -0.39 is 0 Å². The minimum absolute atomic E-state index is 0.0110. The molecule has 1 heterocycles. The largest absolute Gasteiger partial charge is 0.493 e. The van der Waals surface area contributed by atoms with E-state index in [0.717, 1.165) is 11.3 Å². The van der Waals surface area contributed by atoms with E-state index >= 15 is 0 Å². The highest BCUT2D eigenvalue weighted by Crippen LogP contribution is 2.18. The molecule has 5 nitrogen and oxygen atoms in total. The predicted octanol–water partition coefficient (Wildman–Crippen LogP) is 1.42. The summed E-state index contributed by atoms with van der Waals surface area (Å²) in [5.74, 6) is 0.870. The second kappa shape index (κ2) is 7.11. The fraction of sp³-hybridized carbons (Fsp3) is 0.500. The minimum Gasteiger partial charge on any atom is -0.493 e. The number of nitrogens with zero attached hydrogens (tertiary/aromatic N) is 1. The average molecular weight is 290 g/mol. The summed E-state index contributed by atoms with van der Waals surface area (Å²) in [7, 11) is 0. The van der Waals surface area contributed by atoms with Crippen molar-refractivity contribution >= 4 is 11.8 Å². The molecule has 114 valence electrons. The van der Waals surface area contributed by atoms with E-state index in [4.69, 9.17) is 4.74 Å². The molecule has 1 aliphatic rings. The van der Waals surface area contributed by atoms with Gasteiger partial charge in [0.2, 0.25) is 11.8 Å². The lowest BCUT2D eigenvalue weighted by Gasteiger charge is -2.19. The third-order valence-electron chi connectivity index (χ3n) is 3.57. The Balaban J connectivity index is 1.79. The number of amides is 2. The number of benzene rings is 1. The van der Waals surface area contributed by atoms with E-state index in [1.54, 1.807) is 4.90 Å². The van der Waals surface area contributed by atoms with Crippen LogP contribution in [0, 0.1) is 13.8 Å². The summed E-state index contributed by atoms with van der Waals surface area (Å²) in [6, 6.07) is 5.99. The number of carbonyl (C=O) groups excluding carboxylic acids is 2. The molecule has 1 aliphatic heterocycles. The molecule has 0 radical (unpaired) electrons. The average Bonchev–Trinajstić information content (AvgIpc) is 2.66. The van der Waals surface area contributed by atoms with Crippen molar-refractivity contribution in [3.8, 4) is 5.75 Å². The number of ether oxygens (including phenoxy) is 1. The van der Waals surface area contributed by atoms with Gasteiger partial charge in [0.1, 0.15) is 5.75 Å². The van der Waals surface area contributed by atoms with E-state index in [2.05, 4.69) is 11.4 Å². The Bertz CT molecular complexity index is 528. The summed E-state index contributed by atoms with van der Waals surface area (Å²) in [4.78, 5) is 25.1. The van der Waals surface area contributed by atoms with Gasteiger partial charge in [-0.25, -0.2) is 0 Å². The molecule has 0 aromatic heterocycles. The van der Waals surface area contributed by atoms with Crippen LogP contribution in [-0.4, -0.2) is 43.0 Å². The zero-order chi connectivity index (χ0) is 15.2. The Morgan fingerprint density at radius 2 is 2.14 bits per heavy atom. The molecule has 2 rings (SSSR count). The van der Waals surface area contributed by atoms with Crippen LogP contribution in [0.2, 0.25) is 0 Å². The highest BCUT2D eigenvalue weighted by atomic mass is 16.5. The lowest BCUT2D eigenvalue weighted by molar-refractivity contribution is -0.131. The van der Waals surface area contributed by atoms with Crippen LogP contribution >= 0.6 is 0 Å². The van der Waals surface area contributed by atoms with Gasteiger partial charge in [-0.2, -0.15) is 0 Å². The highest BCUT2D eigenvalue weighted by molar-refractivity contribution is 5.80. The van der Waals surface area contributed by atoms with Crippen molar-refractivity contribution in [3.05, 3.63) is 29.3 Å². The van der Waals surface area contributed by atoms with Gasteiger partial charge in [-0.1, -0.05) is 17.7 Å². The van der Waals surface area contributed by atoms with E-state index in [1.807, 2.05) is 26.0 Å². The van der Waals surface area contributed by atoms with E-state index in [9.17, 15) is 9.59 Å². The maximum atomic E-state index is 12.1. The summed E-state index contributed by atoms with van der Waals surface area (Å²) < 4.78 is 5.68. The molecule has 0 spiro atoms. The Labute approximate surface area is 125 Å². The smallest absolute Gasteiger partial charge is 0.226 e. The van der Waals surface area contributed by atoms with Gasteiger partial charge in [0.05, 0.1) is 13.0 Å². The maximum absolute atomic E-state index is 12.1. The highest BCUT2D eigenvalue weighted by Gasteiger charge is 2.18. The third kappa shape index (κ3) is 4.48. The number of aryl methyl sites for hydroxylation is 2. The number of rotatable bonds is 4. The van der Waals surface area contributed by atoms with Gasteiger partial charge < -0.3 is 15.0 Å². The standard InChI is InChI=1S/C16H22N2O3/c1-12-3-4-14(13(2)11-12)21-10-6-16(20)18-8-5-15(19)17-7-9-18/h3-4,11H,5-10H2,1-2H3,(H,17,19). The first-order chi connectivity index (χ1) is 10.1. The van der Waals surface area contributed by atoms with Gasteiger partial charge >= 0.3 is 0 Å². The normalized spacial score (nSPS) is 15.3. The summed E-state index contributed by atoms with van der Waals surface area (Å²) >= 11 is 0. The number of carbonyl (C=O) groups is 2. The summed E-state index contributed by atoms with van der Waals surface area (Å²) in [5.41, 5.74) is 2.27. The van der Waals surface area contributed by atoms with Crippen molar-refractivity contribution in [2.45, 2.75) is 26.7 Å². The molecule has 2 amide bonds. The van der Waals surface area contributed by atoms with Crippen LogP contribution < -0.4 is 10.1 Å². The van der Waals surface area contributed by atoms with Crippen molar-refractivity contribution in [2.24, 2.45) is 0 Å². The number of hydrogen-bond acceptors (Lipinski definition) is 3. The Morgan fingerprint density at radius 1 is 1.33 bits per heavy atom. The van der Waals surface area contributed by atoms with Gasteiger partial charge in [-0.3, -0.25) is 9.59 Å². The summed E-state index contributed by atoms with van der Waals surface area (Å²) in [6.45, 7) is 6.00. The van der Waals surface area contributed by atoms with Gasteiger partial charge in [0, 0.05) is 26.1 Å². The molecule has 1 saturated heterocycles. The summed E-state index contributed by atoms with van der Waals surface area (Å²) in [6.07, 6.45) is 0.713. The van der Waals surface area contributed by atoms with Crippen LogP contribution in [-0.2, 0) is 9.59 Å². The molecule has 0 saturated carbocycles. The molecule has 1 N–H and O–H groups in total. The quantitative estimate of drug-likeness (QED) is 0.912. The van der Waals surface area contributed by atoms with Gasteiger partial charge in [0.25, 0.3) is 0 Å². The Morgan fingerprint density at radius 3 is 2.90 bits per heavy atom. The topological polar surface area (TPSA) is 58.6 Å². The van der Waals surface area contributed by atoms with E-state index in [-0.39, 0.29) is 11.8 Å². The van der Waals surface area contributed by atoms with Gasteiger partial charge in [-0.15, -0.1) is 0 Å². The van der Waals surface area contributed by atoms with Gasteiger partial charge in [0.15, 0.2) is 0 Å². The van der Waals surface area contributed by atoms with Crippen molar-refractivity contribution in [3.63, 3.8) is 0 Å². The first-order valence-electron chi connectivity index (χ1n) is 7.31. The fourth-order valence-electron chi connectivity index (χ4n) is 2.38. The Kier molecular flexibility index (Phi) is 5.20. The molecule has 1 aromatic rings. The van der Waals surface area contributed by atoms with Crippen LogP contribution in [0.1, 0.15) is 24.0 Å². The van der Waals surface area contributed by atoms with E-state index in [0.29, 0.717) is 39.1 Å². The molecular weight excluding hydrogens is 268 g/mol. The molecule has 0 bridgehead atoms. The van der Waals surface area contributed by atoms with E-state index in [1.165, 1.54) is 5.56 Å². The fourth-order valence-corrected chi connectivity index (χ4v) is 2.38. The molecule has 21 heavy (non-hydrogen) atoms. The lowest BCUT2D eigenvalue weighted by atomic mass is 10.1. The predicted molar refractivity (Wildman–Crippen MR) is 80.2 cm³/mol. The SMILES string of the molecule is Cc1ccc(OCCC(=O)N2CCNC(=O)CC2)c(C)c1. The maximum Gasteiger partial charge on any atom is 0.226 e. The second-order valence-electron chi connectivity index (χ2n) is 5.35. The molecule has 1 aromatic carbocycles. The van der Waals surface area contributed by atoms with Gasteiger partial charge in [-0.05, 0) is 25.5 Å². The van der Waals surface area contributed by atoms with Crippen LogP contribution in [0.3, 0.4) is 0 Å². The van der Waals surface area contributed by atoms with Crippen LogP contribution in [0.25, 0.3) is 0 Å². The number of hydrogen-bond donors (Lipinski definition) is 1. The molecule has 5 heteroatoms. The first kappa shape index (κ1) is 15.4. The zero-order valence-electron chi connectivity index (χ0n) is 12.6. The van der Waals surface area contributed by atoms with Crippen molar-refractivity contribution < 1.29 is 14.3 Å². The molecule has 0 atom stereocenters. The lowest BCUT2D eigenvalue weighted by Crippen LogP contribution is -2.34. The zero-order valence-corrected chi connectivity index (χ0v) is 12.6. The summed E-state index contributed by atoms with van der Waals surface area (Å²) in [5, 5.41) is 2.76. The Hall–Kier alpha value is -2.04. The minimum atomic E-state index is 0.0110. The first-order valence-corrected chi connectivity index (χ1v) is 7.31. The second-order valence-corrected chi connectivity index (χ2v) is 5.35. The third-order valence-corrected chi connectivity index (χ3v) is 3.57. The van der Waals surface area contributed by atoms with Crippen molar-refractivity contribution in [1.29, 1.82) is 0 Å². The van der Waals surface area contributed by atoms with Crippen LogP contribution in [0.4, 0.5) is 0 Å². The van der Waals surface area contributed by atoms with Crippen LogP contribution in [0.15, 0.2) is 18.2 Å². The monoisotopic (exact) mass is 290 g/mol. The molecular formula is C16H22N2O3.